The van der Waals surface area contributed by atoms with Gasteiger partial charge >= 0.3 is 0 Å². The van der Waals surface area contributed by atoms with E-state index in [9.17, 15) is 9.18 Å². The van der Waals surface area contributed by atoms with Crippen molar-refractivity contribution in [1.82, 2.24) is 20.3 Å². The van der Waals surface area contributed by atoms with Crippen LogP contribution in [0, 0.1) is 19.7 Å². The summed E-state index contributed by atoms with van der Waals surface area (Å²) in [6.45, 7) is 4.31. The lowest BCUT2D eigenvalue weighted by Gasteiger charge is -2.04. The Hall–Kier alpha value is -3.02. The lowest BCUT2D eigenvalue weighted by atomic mass is 10.1. The molecular weight excluding hydrogens is 307 g/mol. The smallest absolute Gasteiger partial charge is 0.273 e. The van der Waals surface area contributed by atoms with Crippen LogP contribution in [0.4, 0.5) is 4.39 Å². The second-order valence-electron chi connectivity index (χ2n) is 5.70. The van der Waals surface area contributed by atoms with Crippen LogP contribution in [0.15, 0.2) is 48.7 Å². The molecule has 24 heavy (non-hydrogen) atoms. The summed E-state index contributed by atoms with van der Waals surface area (Å²) in [5.41, 5.74) is 4.13. The number of rotatable bonds is 4. The van der Waals surface area contributed by atoms with Gasteiger partial charge in [-0.25, -0.2) is 9.07 Å². The zero-order valence-corrected chi connectivity index (χ0v) is 13.5. The number of aromatic nitrogens is 3. The van der Waals surface area contributed by atoms with Crippen molar-refractivity contribution in [2.24, 2.45) is 0 Å². The lowest BCUT2D eigenvalue weighted by Crippen LogP contribution is -2.23. The van der Waals surface area contributed by atoms with Gasteiger partial charge in [-0.3, -0.25) is 4.79 Å². The number of benzene rings is 2. The highest BCUT2D eigenvalue weighted by molar-refractivity contribution is 5.91. The van der Waals surface area contributed by atoms with Crippen molar-refractivity contribution in [2.75, 3.05) is 0 Å². The van der Waals surface area contributed by atoms with Gasteiger partial charge in [-0.15, -0.1) is 5.10 Å². The summed E-state index contributed by atoms with van der Waals surface area (Å²) in [6.07, 6.45) is 1.59. The molecular formula is C18H17FN4O. The molecule has 0 saturated heterocycles. The molecule has 3 rings (SSSR count). The van der Waals surface area contributed by atoms with E-state index < -0.39 is 0 Å². The summed E-state index contributed by atoms with van der Waals surface area (Å²) in [6, 6.07) is 12.0. The Morgan fingerprint density at radius 1 is 1.12 bits per heavy atom. The van der Waals surface area contributed by atoms with E-state index in [1.807, 2.05) is 26.0 Å². The van der Waals surface area contributed by atoms with Crippen LogP contribution in [-0.4, -0.2) is 20.9 Å². The van der Waals surface area contributed by atoms with Gasteiger partial charge in [-0.1, -0.05) is 23.4 Å². The molecule has 0 spiro atoms. The summed E-state index contributed by atoms with van der Waals surface area (Å²) < 4.78 is 14.4. The van der Waals surface area contributed by atoms with Gasteiger partial charge in [0.15, 0.2) is 5.69 Å². The Morgan fingerprint density at radius 3 is 2.46 bits per heavy atom. The largest absolute Gasteiger partial charge is 0.347 e. The monoisotopic (exact) mass is 324 g/mol. The van der Waals surface area contributed by atoms with Gasteiger partial charge in [0.05, 0.1) is 11.9 Å². The van der Waals surface area contributed by atoms with Crippen LogP contribution in [0.3, 0.4) is 0 Å². The number of amides is 1. The SMILES string of the molecule is Cc1cc(C)cc(-n2cc(C(=O)NCc3ccc(F)cc3)nn2)c1. The maximum Gasteiger partial charge on any atom is 0.273 e. The minimum atomic E-state index is -0.324. The number of halogens is 1. The number of carbonyl (C=O) groups is 1. The number of carbonyl (C=O) groups excluding carboxylic acids is 1. The third-order valence-electron chi connectivity index (χ3n) is 3.56. The maximum atomic E-state index is 12.9. The fraction of sp³-hybridized carbons (Fsp3) is 0.167. The zero-order valence-electron chi connectivity index (χ0n) is 13.5. The fourth-order valence-corrected chi connectivity index (χ4v) is 2.45. The molecule has 1 amide bonds. The van der Waals surface area contributed by atoms with E-state index in [0.29, 0.717) is 6.54 Å². The molecule has 0 atom stereocenters. The predicted molar refractivity (Wildman–Crippen MR) is 88.4 cm³/mol. The molecule has 0 aliphatic heterocycles. The molecule has 0 unspecified atom stereocenters. The highest BCUT2D eigenvalue weighted by Gasteiger charge is 2.11. The number of nitrogens with one attached hydrogen (secondary N) is 1. The van der Waals surface area contributed by atoms with E-state index in [-0.39, 0.29) is 17.4 Å². The molecule has 0 bridgehead atoms. The minimum Gasteiger partial charge on any atom is -0.347 e. The topological polar surface area (TPSA) is 59.8 Å². The minimum absolute atomic E-state index is 0.233. The van der Waals surface area contributed by atoms with Crippen LogP contribution >= 0.6 is 0 Å². The molecule has 0 aliphatic rings. The van der Waals surface area contributed by atoms with Gasteiger partial charge in [0.2, 0.25) is 0 Å². The molecule has 0 fully saturated rings. The van der Waals surface area contributed by atoms with Crippen molar-refractivity contribution in [1.29, 1.82) is 0 Å². The van der Waals surface area contributed by atoms with E-state index >= 15 is 0 Å². The fourth-order valence-electron chi connectivity index (χ4n) is 2.45. The first-order valence-corrected chi connectivity index (χ1v) is 7.55. The molecule has 1 heterocycles. The van der Waals surface area contributed by atoms with Crippen LogP contribution in [0.5, 0.6) is 0 Å². The van der Waals surface area contributed by atoms with Crippen LogP contribution in [-0.2, 0) is 6.54 Å². The summed E-state index contributed by atoms with van der Waals surface area (Å²) >= 11 is 0. The van der Waals surface area contributed by atoms with Crippen molar-refractivity contribution in [3.8, 4) is 5.69 Å². The van der Waals surface area contributed by atoms with E-state index in [1.165, 1.54) is 12.1 Å². The second-order valence-corrected chi connectivity index (χ2v) is 5.70. The molecule has 1 N–H and O–H groups in total. The molecule has 0 radical (unpaired) electrons. The molecule has 6 heteroatoms. The van der Waals surface area contributed by atoms with Gasteiger partial charge in [-0.05, 0) is 54.8 Å². The Morgan fingerprint density at radius 2 is 1.79 bits per heavy atom. The van der Waals surface area contributed by atoms with Gasteiger partial charge < -0.3 is 5.32 Å². The Kier molecular flexibility index (Phi) is 4.37. The third-order valence-corrected chi connectivity index (χ3v) is 3.56. The quantitative estimate of drug-likeness (QED) is 0.803. The van der Waals surface area contributed by atoms with E-state index in [1.54, 1.807) is 23.0 Å². The summed E-state index contributed by atoms with van der Waals surface area (Å²) in [5, 5.41) is 10.7. The average Bonchev–Trinajstić information content (AvgIpc) is 3.03. The van der Waals surface area contributed by atoms with Crippen molar-refractivity contribution >= 4 is 5.91 Å². The first-order valence-electron chi connectivity index (χ1n) is 7.55. The highest BCUT2D eigenvalue weighted by Crippen LogP contribution is 2.13. The molecule has 0 saturated carbocycles. The highest BCUT2D eigenvalue weighted by atomic mass is 19.1. The average molecular weight is 324 g/mol. The molecule has 3 aromatic rings. The number of hydrogen-bond donors (Lipinski definition) is 1. The summed E-state index contributed by atoms with van der Waals surface area (Å²) in [4.78, 5) is 12.2. The molecule has 1 aromatic heterocycles. The first-order chi connectivity index (χ1) is 11.5. The van der Waals surface area contributed by atoms with Crippen LogP contribution in [0.25, 0.3) is 5.69 Å². The summed E-state index contributed by atoms with van der Waals surface area (Å²) in [5.74, 6) is -0.628. The Balaban J connectivity index is 1.70. The zero-order chi connectivity index (χ0) is 17.1. The summed E-state index contributed by atoms with van der Waals surface area (Å²) in [7, 11) is 0. The van der Waals surface area contributed by atoms with Gasteiger partial charge in [-0.2, -0.15) is 0 Å². The van der Waals surface area contributed by atoms with Gasteiger partial charge in [0, 0.05) is 6.54 Å². The predicted octanol–water partition coefficient (Wildman–Crippen LogP) is 2.95. The van der Waals surface area contributed by atoms with E-state index in [4.69, 9.17) is 0 Å². The van der Waals surface area contributed by atoms with Crippen LogP contribution in [0.1, 0.15) is 27.2 Å². The third kappa shape index (κ3) is 3.65. The number of aryl methyl sites for hydroxylation is 2. The van der Waals surface area contributed by atoms with Crippen molar-refractivity contribution in [3.63, 3.8) is 0 Å². The molecule has 5 nitrogen and oxygen atoms in total. The van der Waals surface area contributed by atoms with Gasteiger partial charge in [0.25, 0.3) is 5.91 Å². The van der Waals surface area contributed by atoms with Crippen molar-refractivity contribution in [2.45, 2.75) is 20.4 Å². The normalized spacial score (nSPS) is 10.6. The van der Waals surface area contributed by atoms with Crippen LogP contribution < -0.4 is 5.32 Å². The van der Waals surface area contributed by atoms with Crippen molar-refractivity contribution < 1.29 is 9.18 Å². The number of hydrogen-bond acceptors (Lipinski definition) is 3. The Bertz CT molecular complexity index is 851. The Labute approximate surface area is 139 Å². The van der Waals surface area contributed by atoms with E-state index in [0.717, 1.165) is 22.4 Å². The lowest BCUT2D eigenvalue weighted by molar-refractivity contribution is 0.0946. The number of nitrogens with zero attached hydrogens (tertiary/aromatic N) is 3. The maximum absolute atomic E-state index is 12.9. The van der Waals surface area contributed by atoms with Gasteiger partial charge in [0.1, 0.15) is 5.82 Å². The van der Waals surface area contributed by atoms with Crippen molar-refractivity contribution in [3.05, 3.63) is 76.9 Å². The van der Waals surface area contributed by atoms with E-state index in [2.05, 4.69) is 21.7 Å². The molecule has 2 aromatic carbocycles. The van der Waals surface area contributed by atoms with Crippen LogP contribution in [0.2, 0.25) is 0 Å². The second kappa shape index (κ2) is 6.62. The molecule has 0 aliphatic carbocycles. The first kappa shape index (κ1) is 15.9. The molecule has 122 valence electrons. The standard InChI is InChI=1S/C18H17FN4O/c1-12-7-13(2)9-16(8-12)23-11-17(21-22-23)18(24)20-10-14-3-5-15(19)6-4-14/h3-9,11H,10H2,1-2H3,(H,20,24).